The molecule has 3 atom stereocenters. The largest absolute Gasteiger partial charge is 0.480 e. The van der Waals surface area contributed by atoms with Crippen molar-refractivity contribution in [3.63, 3.8) is 0 Å². The van der Waals surface area contributed by atoms with E-state index in [1.54, 1.807) is 0 Å². The second-order valence-electron chi connectivity index (χ2n) is 4.76. The first-order valence-corrected chi connectivity index (χ1v) is 6.26. The fraction of sp³-hybridized carbons (Fsp3) is 0.750. The minimum Gasteiger partial charge on any atom is -0.480 e. The summed E-state index contributed by atoms with van der Waals surface area (Å²) >= 11 is 0. The average molecular weight is 272 g/mol. The van der Waals surface area contributed by atoms with Gasteiger partial charge >= 0.3 is 11.9 Å². The molecule has 1 aliphatic heterocycles. The molecule has 0 spiro atoms. The minimum atomic E-state index is -1.14. The maximum absolute atomic E-state index is 12.0. The lowest BCUT2D eigenvalue weighted by atomic mass is 9.96. The van der Waals surface area contributed by atoms with Crippen LogP contribution < -0.4 is 10.6 Å². The molecule has 3 N–H and O–H groups in total. The quantitative estimate of drug-likeness (QED) is 0.556. The van der Waals surface area contributed by atoms with Crippen molar-refractivity contribution in [1.82, 2.24) is 10.6 Å². The van der Waals surface area contributed by atoms with Gasteiger partial charge in [-0.2, -0.15) is 0 Å². The Bertz CT molecular complexity index is 358. The standard InChI is InChI=1S/C12H20N2O5/c1-7-5-13-6-8(7)11(16)14-9(12(17)18)3-4-10(15)19-2/h7-9,13H,3-6H2,1-2H3,(H,14,16)(H,17,18)/t7?,8?,9-/m0/s1. The van der Waals surface area contributed by atoms with Crippen LogP contribution in [0.5, 0.6) is 0 Å². The Hall–Kier alpha value is -1.63. The zero-order valence-corrected chi connectivity index (χ0v) is 11.1. The molecule has 1 fully saturated rings. The lowest BCUT2D eigenvalue weighted by molar-refractivity contribution is -0.144. The normalized spacial score (nSPS) is 23.7. The maximum atomic E-state index is 12.0. The summed E-state index contributed by atoms with van der Waals surface area (Å²) in [4.78, 5) is 34.0. The van der Waals surface area contributed by atoms with Crippen LogP contribution in [-0.4, -0.2) is 49.2 Å². The van der Waals surface area contributed by atoms with E-state index in [0.29, 0.717) is 6.54 Å². The number of amides is 1. The van der Waals surface area contributed by atoms with Crippen molar-refractivity contribution in [2.75, 3.05) is 20.2 Å². The van der Waals surface area contributed by atoms with Crippen molar-refractivity contribution in [1.29, 1.82) is 0 Å². The molecule has 0 aliphatic carbocycles. The number of methoxy groups -OCH3 is 1. The molecule has 0 aromatic heterocycles. The Kier molecular flexibility index (Phi) is 5.75. The molecule has 1 rings (SSSR count). The van der Waals surface area contributed by atoms with E-state index < -0.39 is 18.0 Å². The van der Waals surface area contributed by atoms with Gasteiger partial charge in [0.05, 0.1) is 13.0 Å². The number of nitrogens with one attached hydrogen (secondary N) is 2. The number of ether oxygens (including phenoxy) is 1. The second kappa shape index (κ2) is 7.08. The molecule has 7 heteroatoms. The first-order valence-electron chi connectivity index (χ1n) is 6.26. The fourth-order valence-electron chi connectivity index (χ4n) is 2.06. The van der Waals surface area contributed by atoms with Gasteiger partial charge in [-0.15, -0.1) is 0 Å². The van der Waals surface area contributed by atoms with Crippen LogP contribution in [0.4, 0.5) is 0 Å². The third-order valence-electron chi connectivity index (χ3n) is 3.33. The van der Waals surface area contributed by atoms with Crippen LogP contribution in [0.1, 0.15) is 19.8 Å². The smallest absolute Gasteiger partial charge is 0.326 e. The Labute approximate surface area is 111 Å². The monoisotopic (exact) mass is 272 g/mol. The van der Waals surface area contributed by atoms with Crippen molar-refractivity contribution in [2.45, 2.75) is 25.8 Å². The summed E-state index contributed by atoms with van der Waals surface area (Å²) in [6, 6.07) is -1.06. The van der Waals surface area contributed by atoms with E-state index in [-0.39, 0.29) is 30.6 Å². The number of carboxylic acid groups (broad SMARTS) is 1. The Morgan fingerprint density at radius 3 is 2.58 bits per heavy atom. The molecule has 0 bridgehead atoms. The molecule has 0 aromatic rings. The lowest BCUT2D eigenvalue weighted by Gasteiger charge is -2.18. The number of hydrogen-bond donors (Lipinski definition) is 3. The van der Waals surface area contributed by atoms with Crippen molar-refractivity contribution in [3.8, 4) is 0 Å². The highest BCUT2D eigenvalue weighted by Gasteiger charge is 2.32. The molecule has 0 aromatic carbocycles. The highest BCUT2D eigenvalue weighted by atomic mass is 16.5. The topological polar surface area (TPSA) is 105 Å². The Morgan fingerprint density at radius 2 is 2.11 bits per heavy atom. The van der Waals surface area contributed by atoms with Gasteiger partial charge in [0.1, 0.15) is 6.04 Å². The van der Waals surface area contributed by atoms with Crippen LogP contribution in [0.25, 0.3) is 0 Å². The molecule has 1 saturated heterocycles. The first-order chi connectivity index (χ1) is 8.95. The van der Waals surface area contributed by atoms with E-state index in [1.165, 1.54) is 7.11 Å². The molecular weight excluding hydrogens is 252 g/mol. The maximum Gasteiger partial charge on any atom is 0.326 e. The van der Waals surface area contributed by atoms with Crippen LogP contribution >= 0.6 is 0 Å². The molecular formula is C12H20N2O5. The van der Waals surface area contributed by atoms with Crippen LogP contribution in [0.15, 0.2) is 0 Å². The van der Waals surface area contributed by atoms with Gasteiger partial charge < -0.3 is 20.5 Å². The van der Waals surface area contributed by atoms with Gasteiger partial charge in [-0.3, -0.25) is 9.59 Å². The van der Waals surface area contributed by atoms with Gasteiger partial charge in [0, 0.05) is 13.0 Å². The van der Waals surface area contributed by atoms with Gasteiger partial charge in [0.25, 0.3) is 0 Å². The van der Waals surface area contributed by atoms with Crippen LogP contribution in [0.3, 0.4) is 0 Å². The number of hydrogen-bond acceptors (Lipinski definition) is 5. The molecule has 0 radical (unpaired) electrons. The third kappa shape index (κ3) is 4.51. The van der Waals surface area contributed by atoms with Crippen molar-refractivity contribution >= 4 is 17.8 Å². The SMILES string of the molecule is COC(=O)CC[C@H](NC(=O)C1CNCC1C)C(=O)O. The van der Waals surface area contributed by atoms with Crippen molar-refractivity contribution in [2.24, 2.45) is 11.8 Å². The zero-order valence-electron chi connectivity index (χ0n) is 11.1. The Balaban J connectivity index is 2.51. The van der Waals surface area contributed by atoms with Gasteiger partial charge in [0.15, 0.2) is 0 Å². The molecule has 2 unspecified atom stereocenters. The predicted octanol–water partition coefficient (Wildman–Crippen LogP) is -0.635. The van der Waals surface area contributed by atoms with Gasteiger partial charge in [-0.1, -0.05) is 6.92 Å². The predicted molar refractivity (Wildman–Crippen MR) is 66.3 cm³/mol. The van der Waals surface area contributed by atoms with Crippen molar-refractivity contribution in [3.05, 3.63) is 0 Å². The lowest BCUT2D eigenvalue weighted by Crippen LogP contribution is -2.45. The van der Waals surface area contributed by atoms with E-state index in [1.807, 2.05) is 6.92 Å². The summed E-state index contributed by atoms with van der Waals surface area (Å²) in [6.07, 6.45) is -0.00546. The van der Waals surface area contributed by atoms with Gasteiger partial charge in [-0.05, 0) is 18.9 Å². The molecule has 19 heavy (non-hydrogen) atoms. The summed E-state index contributed by atoms with van der Waals surface area (Å²) < 4.78 is 4.45. The third-order valence-corrected chi connectivity index (χ3v) is 3.33. The van der Waals surface area contributed by atoms with Gasteiger partial charge in [-0.25, -0.2) is 4.79 Å². The first kappa shape index (κ1) is 15.4. The van der Waals surface area contributed by atoms with Crippen LogP contribution in [-0.2, 0) is 19.1 Å². The van der Waals surface area contributed by atoms with E-state index >= 15 is 0 Å². The number of carboxylic acids is 1. The number of rotatable bonds is 6. The molecule has 1 amide bonds. The summed E-state index contributed by atoms with van der Waals surface area (Å²) in [5.74, 6) is -1.96. The van der Waals surface area contributed by atoms with E-state index in [2.05, 4.69) is 15.4 Å². The molecule has 1 heterocycles. The van der Waals surface area contributed by atoms with Crippen LogP contribution in [0, 0.1) is 11.8 Å². The highest BCUT2D eigenvalue weighted by Crippen LogP contribution is 2.16. The molecule has 7 nitrogen and oxygen atoms in total. The second-order valence-corrected chi connectivity index (χ2v) is 4.76. The van der Waals surface area contributed by atoms with E-state index in [0.717, 1.165) is 6.54 Å². The zero-order chi connectivity index (χ0) is 14.4. The average Bonchev–Trinajstić information content (AvgIpc) is 2.79. The molecule has 108 valence electrons. The molecule has 0 saturated carbocycles. The van der Waals surface area contributed by atoms with Crippen LogP contribution in [0.2, 0.25) is 0 Å². The highest BCUT2D eigenvalue weighted by molar-refractivity contribution is 5.85. The van der Waals surface area contributed by atoms with Gasteiger partial charge in [0.2, 0.25) is 5.91 Å². The summed E-state index contributed by atoms with van der Waals surface area (Å²) in [6.45, 7) is 3.24. The fourth-order valence-corrected chi connectivity index (χ4v) is 2.06. The Morgan fingerprint density at radius 1 is 1.42 bits per heavy atom. The minimum absolute atomic E-state index is 0.0300. The van der Waals surface area contributed by atoms with E-state index in [9.17, 15) is 14.4 Å². The number of carbonyl (C=O) groups is 3. The summed E-state index contributed by atoms with van der Waals surface area (Å²) in [5.41, 5.74) is 0. The molecule has 1 aliphatic rings. The number of carbonyl (C=O) groups excluding carboxylic acids is 2. The van der Waals surface area contributed by atoms with E-state index in [4.69, 9.17) is 5.11 Å². The number of esters is 1. The van der Waals surface area contributed by atoms with Crippen molar-refractivity contribution < 1.29 is 24.2 Å². The summed E-state index contributed by atoms with van der Waals surface area (Å²) in [5, 5.41) is 14.6. The summed E-state index contributed by atoms with van der Waals surface area (Å²) in [7, 11) is 1.24. The number of aliphatic carboxylic acids is 1.